The minimum Gasteiger partial charge on any atom is -0.372 e. The molecule has 11 heteroatoms. The topological polar surface area (TPSA) is 101 Å². The molecule has 172 valence electrons. The first kappa shape index (κ1) is 24.2. The van der Waals surface area contributed by atoms with E-state index in [0.717, 1.165) is 24.5 Å². The van der Waals surface area contributed by atoms with Crippen molar-refractivity contribution in [2.75, 3.05) is 12.9 Å². The van der Waals surface area contributed by atoms with Crippen LogP contribution in [0.15, 0.2) is 52.3 Å². The van der Waals surface area contributed by atoms with Crippen molar-refractivity contribution < 1.29 is 34.7 Å². The maximum atomic E-state index is 13.5. The summed E-state index contributed by atoms with van der Waals surface area (Å²) in [7, 11) is -8.03. The molecule has 1 heterocycles. The van der Waals surface area contributed by atoms with Gasteiger partial charge >= 0.3 is 6.18 Å². The monoisotopic (exact) mass is 487 g/mol. The van der Waals surface area contributed by atoms with Gasteiger partial charge in [0.05, 0.1) is 38.3 Å². The first-order valence-corrected chi connectivity index (χ1v) is 13.0. The molecule has 3 unspecified atom stereocenters. The highest BCUT2D eigenvalue weighted by molar-refractivity contribution is 7.92. The lowest BCUT2D eigenvalue weighted by atomic mass is 9.92. The molecule has 0 saturated carbocycles. The molecule has 0 radical (unpaired) electrons. The van der Waals surface area contributed by atoms with E-state index >= 15 is 0 Å². The maximum Gasteiger partial charge on any atom is 0.416 e. The van der Waals surface area contributed by atoms with Crippen molar-refractivity contribution in [1.82, 2.24) is 0 Å². The number of hydrogen-bond acceptors (Lipinski definition) is 6. The molecule has 32 heavy (non-hydrogen) atoms. The van der Waals surface area contributed by atoms with Crippen molar-refractivity contribution in [2.45, 2.75) is 40.7 Å². The SMILES string of the molecule is CC1CCOC(c2cc(C#N)cc(S(C)(=O)=O)c2)C1S(=O)(=O)c1cccc(C(F)(F)F)c1. The highest BCUT2D eigenvalue weighted by atomic mass is 32.2. The lowest BCUT2D eigenvalue weighted by Crippen LogP contribution is -2.40. The summed E-state index contributed by atoms with van der Waals surface area (Å²) in [6, 6.07) is 9.08. The molecule has 6 nitrogen and oxygen atoms in total. The van der Waals surface area contributed by atoms with Gasteiger partial charge in [-0.1, -0.05) is 13.0 Å². The molecule has 0 spiro atoms. The summed E-state index contributed by atoms with van der Waals surface area (Å²) < 4.78 is 96.2. The Hall–Kier alpha value is -2.42. The molecule has 1 aliphatic heterocycles. The molecular formula is C21H20F3NO5S2. The van der Waals surface area contributed by atoms with E-state index in [1.807, 2.05) is 6.07 Å². The third kappa shape index (κ3) is 4.82. The van der Waals surface area contributed by atoms with Crippen molar-refractivity contribution in [3.05, 3.63) is 59.2 Å². The number of nitrogens with zero attached hydrogens (tertiary/aromatic N) is 1. The van der Waals surface area contributed by atoms with Crippen LogP contribution in [-0.4, -0.2) is 34.9 Å². The molecule has 0 aliphatic carbocycles. The van der Waals surface area contributed by atoms with Gasteiger partial charge < -0.3 is 4.74 Å². The van der Waals surface area contributed by atoms with Crippen LogP contribution in [-0.2, 0) is 30.6 Å². The second-order valence-electron chi connectivity index (χ2n) is 7.77. The van der Waals surface area contributed by atoms with E-state index in [1.165, 1.54) is 18.2 Å². The van der Waals surface area contributed by atoms with E-state index in [-0.39, 0.29) is 22.6 Å². The van der Waals surface area contributed by atoms with E-state index in [2.05, 4.69) is 0 Å². The van der Waals surface area contributed by atoms with Crippen LogP contribution in [0.5, 0.6) is 0 Å². The van der Waals surface area contributed by atoms with Gasteiger partial charge in [-0.05, 0) is 54.3 Å². The van der Waals surface area contributed by atoms with Gasteiger partial charge in [-0.2, -0.15) is 18.4 Å². The van der Waals surface area contributed by atoms with Gasteiger partial charge in [0.25, 0.3) is 0 Å². The normalized spacial score (nSPS) is 22.3. The predicted molar refractivity (Wildman–Crippen MR) is 109 cm³/mol. The summed E-state index contributed by atoms with van der Waals surface area (Å²) in [6.07, 6.45) is -4.58. The molecule has 1 saturated heterocycles. The molecule has 0 bridgehead atoms. The van der Waals surface area contributed by atoms with Crippen LogP contribution in [0.3, 0.4) is 0 Å². The fourth-order valence-corrected chi connectivity index (χ4v) is 6.64. The zero-order valence-corrected chi connectivity index (χ0v) is 18.8. The smallest absolute Gasteiger partial charge is 0.372 e. The number of benzene rings is 2. The van der Waals surface area contributed by atoms with Crippen LogP contribution in [0.2, 0.25) is 0 Å². The summed E-state index contributed by atoms with van der Waals surface area (Å²) in [4.78, 5) is -0.678. The van der Waals surface area contributed by atoms with Gasteiger partial charge in [-0.25, -0.2) is 16.8 Å². The van der Waals surface area contributed by atoms with Crippen LogP contribution >= 0.6 is 0 Å². The summed E-state index contributed by atoms with van der Waals surface area (Å²) in [5.41, 5.74) is -0.929. The zero-order chi connectivity index (χ0) is 23.9. The molecule has 2 aromatic rings. The highest BCUT2D eigenvalue weighted by Crippen LogP contribution is 2.41. The molecular weight excluding hydrogens is 467 g/mol. The Morgan fingerprint density at radius 2 is 1.75 bits per heavy atom. The Kier molecular flexibility index (Phi) is 6.43. The van der Waals surface area contributed by atoms with E-state index in [0.29, 0.717) is 12.5 Å². The quantitative estimate of drug-likeness (QED) is 0.648. The maximum absolute atomic E-state index is 13.5. The number of rotatable bonds is 4. The molecule has 2 aromatic carbocycles. The van der Waals surface area contributed by atoms with Gasteiger partial charge in [0, 0.05) is 12.9 Å². The van der Waals surface area contributed by atoms with Gasteiger partial charge in [-0.3, -0.25) is 0 Å². The van der Waals surface area contributed by atoms with Crippen LogP contribution in [0, 0.1) is 17.2 Å². The average molecular weight is 488 g/mol. The largest absolute Gasteiger partial charge is 0.416 e. The van der Waals surface area contributed by atoms with Gasteiger partial charge in [0.1, 0.15) is 0 Å². The molecule has 0 N–H and O–H groups in total. The van der Waals surface area contributed by atoms with Crippen molar-refractivity contribution >= 4 is 19.7 Å². The molecule has 3 rings (SSSR count). The van der Waals surface area contributed by atoms with Crippen molar-refractivity contribution in [3.8, 4) is 6.07 Å². The zero-order valence-electron chi connectivity index (χ0n) is 17.1. The summed E-state index contributed by atoms with van der Waals surface area (Å²) >= 11 is 0. The fraction of sp³-hybridized carbons (Fsp3) is 0.381. The van der Waals surface area contributed by atoms with Gasteiger partial charge in [-0.15, -0.1) is 0 Å². The minimum atomic E-state index is -4.72. The Labute approximate surface area is 184 Å². The summed E-state index contributed by atoms with van der Waals surface area (Å²) in [6.45, 7) is 1.82. The third-order valence-corrected chi connectivity index (χ3v) is 8.82. The van der Waals surface area contributed by atoms with Crippen LogP contribution in [0.4, 0.5) is 13.2 Å². The number of halogens is 3. The summed E-state index contributed by atoms with van der Waals surface area (Å²) in [5.74, 6) is -0.499. The molecule has 0 aromatic heterocycles. The molecule has 1 fully saturated rings. The predicted octanol–water partition coefficient (Wildman–Crippen LogP) is 3.92. The standard InChI is InChI=1S/C21H20F3NO5S2/c1-13-6-7-30-19(15-8-14(12-25)9-18(10-15)31(2,26)27)20(13)32(28,29)17-5-3-4-16(11-17)21(22,23)24/h3-5,8-11,13,19-20H,6-7H2,1-2H3. The highest BCUT2D eigenvalue weighted by Gasteiger charge is 2.44. The van der Waals surface area contributed by atoms with E-state index in [1.54, 1.807) is 6.92 Å². The number of ether oxygens (including phenoxy) is 1. The van der Waals surface area contributed by atoms with Crippen molar-refractivity contribution in [3.63, 3.8) is 0 Å². The average Bonchev–Trinajstić information content (AvgIpc) is 2.71. The van der Waals surface area contributed by atoms with Crippen molar-refractivity contribution in [1.29, 1.82) is 5.26 Å². The molecule has 3 atom stereocenters. The van der Waals surface area contributed by atoms with Crippen LogP contribution in [0.1, 0.15) is 36.1 Å². The second kappa shape index (κ2) is 8.50. The van der Waals surface area contributed by atoms with Crippen LogP contribution in [0.25, 0.3) is 0 Å². The Bertz CT molecular complexity index is 1280. The van der Waals surface area contributed by atoms with E-state index in [4.69, 9.17) is 4.74 Å². The number of alkyl halides is 3. The van der Waals surface area contributed by atoms with Crippen molar-refractivity contribution in [2.24, 2.45) is 5.92 Å². The summed E-state index contributed by atoms with van der Waals surface area (Å²) in [5, 5.41) is 8.03. The lowest BCUT2D eigenvalue weighted by molar-refractivity contribution is -0.137. The molecule has 1 aliphatic rings. The molecule has 0 amide bonds. The van der Waals surface area contributed by atoms with Gasteiger partial charge in [0.15, 0.2) is 19.7 Å². The number of hydrogen-bond donors (Lipinski definition) is 0. The number of sulfone groups is 2. The Morgan fingerprint density at radius 1 is 1.06 bits per heavy atom. The minimum absolute atomic E-state index is 0.0000294. The van der Waals surface area contributed by atoms with E-state index in [9.17, 15) is 35.3 Å². The Balaban J connectivity index is 2.16. The van der Waals surface area contributed by atoms with Gasteiger partial charge in [0.2, 0.25) is 0 Å². The van der Waals surface area contributed by atoms with Crippen LogP contribution < -0.4 is 0 Å². The lowest BCUT2D eigenvalue weighted by Gasteiger charge is -2.36. The fourth-order valence-electron chi connectivity index (χ4n) is 3.76. The second-order valence-corrected chi connectivity index (χ2v) is 11.9. The first-order chi connectivity index (χ1) is 14.7. The third-order valence-electron chi connectivity index (χ3n) is 5.39. The van der Waals surface area contributed by atoms with E-state index < -0.39 is 53.6 Å². The Morgan fingerprint density at radius 3 is 2.34 bits per heavy atom. The first-order valence-electron chi connectivity index (χ1n) is 9.53. The number of nitriles is 1.